The van der Waals surface area contributed by atoms with Crippen molar-refractivity contribution in [1.29, 1.82) is 0 Å². The van der Waals surface area contributed by atoms with Gasteiger partial charge in [0, 0.05) is 17.9 Å². The van der Waals surface area contributed by atoms with Gasteiger partial charge in [0.2, 0.25) is 5.95 Å². The number of halogens is 1. The number of para-hydroxylation sites is 2. The van der Waals surface area contributed by atoms with Gasteiger partial charge in [0.05, 0.1) is 30.8 Å². The van der Waals surface area contributed by atoms with Gasteiger partial charge in [-0.15, -0.1) is 0 Å². The van der Waals surface area contributed by atoms with E-state index in [1.54, 1.807) is 49.4 Å². The van der Waals surface area contributed by atoms with E-state index >= 15 is 0 Å². The van der Waals surface area contributed by atoms with E-state index < -0.39 is 11.8 Å². The predicted octanol–water partition coefficient (Wildman–Crippen LogP) is 3.77. The summed E-state index contributed by atoms with van der Waals surface area (Å²) in [5, 5.41) is 17.9. The highest BCUT2D eigenvalue weighted by Gasteiger charge is 2.10. The van der Waals surface area contributed by atoms with Crippen molar-refractivity contribution in [3.8, 4) is 0 Å². The van der Waals surface area contributed by atoms with Gasteiger partial charge in [-0.1, -0.05) is 18.2 Å². The molecule has 9 nitrogen and oxygen atoms in total. The molecule has 4 N–H and O–H groups in total. The maximum atomic E-state index is 14.3. The lowest BCUT2D eigenvalue weighted by molar-refractivity contribution is -0.134. The van der Waals surface area contributed by atoms with E-state index in [1.165, 1.54) is 0 Å². The number of ether oxygens (including phenoxy) is 1. The second-order valence-electron chi connectivity index (χ2n) is 6.40. The molecule has 32 heavy (non-hydrogen) atoms. The lowest BCUT2D eigenvalue weighted by Crippen LogP contribution is -2.06. The van der Waals surface area contributed by atoms with E-state index in [4.69, 9.17) is 9.84 Å². The SMILES string of the molecule is CCOC(=O)C=Nc1ccccc1Nc1ncc(F)c(Nc2cccc(NCCO)c2)n1. The average Bonchev–Trinajstić information content (AvgIpc) is 2.80. The number of benzene rings is 2. The van der Waals surface area contributed by atoms with Crippen molar-refractivity contribution in [2.24, 2.45) is 4.99 Å². The minimum Gasteiger partial charge on any atom is -0.462 e. The van der Waals surface area contributed by atoms with Crippen LogP contribution in [0.3, 0.4) is 0 Å². The molecule has 0 saturated heterocycles. The molecule has 1 heterocycles. The number of rotatable bonds is 10. The second kappa shape index (κ2) is 11.4. The molecule has 3 aromatic rings. The van der Waals surface area contributed by atoms with Crippen molar-refractivity contribution in [2.45, 2.75) is 6.92 Å². The molecular formula is C22H23FN6O3. The number of aromatic nitrogens is 2. The fourth-order valence-corrected chi connectivity index (χ4v) is 2.67. The maximum Gasteiger partial charge on any atom is 0.349 e. The first-order valence-electron chi connectivity index (χ1n) is 9.90. The summed E-state index contributed by atoms with van der Waals surface area (Å²) in [6.07, 6.45) is 2.14. The summed E-state index contributed by atoms with van der Waals surface area (Å²) in [5.41, 5.74) is 2.37. The number of hydrogen-bond acceptors (Lipinski definition) is 9. The zero-order valence-electron chi connectivity index (χ0n) is 17.4. The Hall–Kier alpha value is -4.05. The van der Waals surface area contributed by atoms with Crippen LogP contribution in [0.4, 0.5) is 38.9 Å². The van der Waals surface area contributed by atoms with Crippen molar-refractivity contribution in [1.82, 2.24) is 9.97 Å². The first kappa shape index (κ1) is 22.6. The molecule has 2 aromatic carbocycles. The van der Waals surface area contributed by atoms with Crippen LogP contribution in [0, 0.1) is 5.82 Å². The van der Waals surface area contributed by atoms with E-state index in [0.717, 1.165) is 18.1 Å². The summed E-state index contributed by atoms with van der Waals surface area (Å²) in [6.45, 7) is 2.36. The Bertz CT molecular complexity index is 1090. The van der Waals surface area contributed by atoms with Gasteiger partial charge in [0.15, 0.2) is 11.6 Å². The molecule has 1 aromatic heterocycles. The van der Waals surface area contributed by atoms with Crippen molar-refractivity contribution in [3.05, 3.63) is 60.5 Å². The largest absolute Gasteiger partial charge is 0.462 e. The smallest absolute Gasteiger partial charge is 0.349 e. The fourth-order valence-electron chi connectivity index (χ4n) is 2.67. The molecule has 0 bridgehead atoms. The molecule has 0 aliphatic heterocycles. The Morgan fingerprint density at radius 1 is 1.19 bits per heavy atom. The van der Waals surface area contributed by atoms with Crippen molar-refractivity contribution in [2.75, 3.05) is 35.7 Å². The van der Waals surface area contributed by atoms with Crippen LogP contribution in [0.15, 0.2) is 59.7 Å². The minimum absolute atomic E-state index is 0.00146. The Labute approximate surface area is 184 Å². The van der Waals surface area contributed by atoms with Gasteiger partial charge in [0.1, 0.15) is 6.21 Å². The number of nitrogens with one attached hydrogen (secondary N) is 3. The van der Waals surface area contributed by atoms with E-state index in [-0.39, 0.29) is 25.0 Å². The molecule has 166 valence electrons. The van der Waals surface area contributed by atoms with Gasteiger partial charge >= 0.3 is 5.97 Å². The highest BCUT2D eigenvalue weighted by molar-refractivity contribution is 6.23. The third-order valence-corrected chi connectivity index (χ3v) is 4.06. The van der Waals surface area contributed by atoms with Crippen LogP contribution in [-0.2, 0) is 9.53 Å². The molecule has 0 fully saturated rings. The molecule has 0 atom stereocenters. The monoisotopic (exact) mass is 438 g/mol. The van der Waals surface area contributed by atoms with Crippen molar-refractivity contribution >= 4 is 46.7 Å². The van der Waals surface area contributed by atoms with Crippen LogP contribution in [0.1, 0.15) is 6.92 Å². The van der Waals surface area contributed by atoms with Crippen LogP contribution in [0.2, 0.25) is 0 Å². The summed E-state index contributed by atoms with van der Waals surface area (Å²) in [5.74, 6) is -1.06. The van der Waals surface area contributed by atoms with Gasteiger partial charge in [0.25, 0.3) is 0 Å². The summed E-state index contributed by atoms with van der Waals surface area (Å²) in [4.78, 5) is 23.9. The van der Waals surface area contributed by atoms with E-state index in [2.05, 4.69) is 30.9 Å². The lowest BCUT2D eigenvalue weighted by atomic mass is 10.2. The number of hydrogen-bond donors (Lipinski definition) is 4. The summed E-state index contributed by atoms with van der Waals surface area (Å²) < 4.78 is 19.2. The number of aliphatic imine (C=N–C) groups is 1. The number of aliphatic hydroxyl groups excluding tert-OH is 1. The molecule has 0 amide bonds. The van der Waals surface area contributed by atoms with E-state index in [1.807, 2.05) is 6.07 Å². The minimum atomic E-state index is -0.627. The van der Waals surface area contributed by atoms with Crippen molar-refractivity contribution < 1.29 is 19.0 Å². The zero-order valence-corrected chi connectivity index (χ0v) is 17.4. The molecule has 0 aliphatic carbocycles. The Balaban J connectivity index is 1.78. The molecule has 10 heteroatoms. The van der Waals surface area contributed by atoms with Gasteiger partial charge < -0.3 is 25.8 Å². The summed E-state index contributed by atoms with van der Waals surface area (Å²) in [6, 6.07) is 14.1. The zero-order chi connectivity index (χ0) is 22.8. The molecule has 0 unspecified atom stereocenters. The molecule has 0 aliphatic rings. The number of esters is 1. The second-order valence-corrected chi connectivity index (χ2v) is 6.40. The van der Waals surface area contributed by atoms with Crippen LogP contribution in [0.5, 0.6) is 0 Å². The normalized spacial score (nSPS) is 10.7. The maximum absolute atomic E-state index is 14.3. The summed E-state index contributed by atoms with van der Waals surface area (Å²) in [7, 11) is 0. The van der Waals surface area contributed by atoms with Crippen LogP contribution in [-0.4, -0.2) is 47.0 Å². The number of carbonyl (C=O) groups is 1. The Kier molecular flexibility index (Phi) is 8.04. The summed E-state index contributed by atoms with van der Waals surface area (Å²) >= 11 is 0. The van der Waals surface area contributed by atoms with Gasteiger partial charge in [-0.05, 0) is 37.3 Å². The number of carbonyl (C=O) groups excluding carboxylic acids is 1. The number of anilines is 5. The highest BCUT2D eigenvalue weighted by Crippen LogP contribution is 2.27. The Morgan fingerprint density at radius 2 is 2.00 bits per heavy atom. The first-order chi connectivity index (χ1) is 15.6. The van der Waals surface area contributed by atoms with E-state index in [0.29, 0.717) is 23.6 Å². The average molecular weight is 438 g/mol. The molecule has 0 radical (unpaired) electrons. The number of nitrogens with zero attached hydrogens (tertiary/aromatic N) is 3. The molecule has 0 saturated carbocycles. The van der Waals surface area contributed by atoms with Crippen LogP contribution in [0.25, 0.3) is 0 Å². The highest BCUT2D eigenvalue weighted by atomic mass is 19.1. The lowest BCUT2D eigenvalue weighted by Gasteiger charge is -2.12. The Morgan fingerprint density at radius 3 is 2.81 bits per heavy atom. The molecule has 0 spiro atoms. The van der Waals surface area contributed by atoms with Gasteiger partial charge in [-0.3, -0.25) is 0 Å². The third kappa shape index (κ3) is 6.47. The third-order valence-electron chi connectivity index (χ3n) is 4.06. The molecular weight excluding hydrogens is 415 g/mol. The fraction of sp³-hybridized carbons (Fsp3) is 0.182. The number of aliphatic hydroxyl groups is 1. The van der Waals surface area contributed by atoms with Gasteiger partial charge in [-0.25, -0.2) is 19.2 Å². The molecule has 3 rings (SSSR count). The standard InChI is InChI=1S/C22H23FN6O3/c1-2-32-20(31)14-25-18-8-3-4-9-19(18)28-22-26-13-17(23)21(29-22)27-16-7-5-6-15(12-16)24-10-11-30/h3-9,12-14,24,30H,2,10-11H2,1H3,(H2,26,27,28,29). The first-order valence-corrected chi connectivity index (χ1v) is 9.90. The topological polar surface area (TPSA) is 121 Å². The predicted molar refractivity (Wildman–Crippen MR) is 122 cm³/mol. The van der Waals surface area contributed by atoms with Gasteiger partial charge in [-0.2, -0.15) is 4.98 Å². The quantitative estimate of drug-likeness (QED) is 0.279. The van der Waals surface area contributed by atoms with Crippen LogP contribution >= 0.6 is 0 Å². The van der Waals surface area contributed by atoms with E-state index in [9.17, 15) is 9.18 Å². The van der Waals surface area contributed by atoms with Crippen molar-refractivity contribution in [3.63, 3.8) is 0 Å². The van der Waals surface area contributed by atoms with Crippen LogP contribution < -0.4 is 16.0 Å².